The maximum atomic E-state index is 10.1. The van der Waals surface area contributed by atoms with Crippen LogP contribution in [0.3, 0.4) is 0 Å². The second kappa shape index (κ2) is 8.10. The molecule has 0 aromatic carbocycles. The number of halogens is 1. The highest BCUT2D eigenvalue weighted by atomic mass is 35.5. The summed E-state index contributed by atoms with van der Waals surface area (Å²) in [6.45, 7) is 3.03. The van der Waals surface area contributed by atoms with Gasteiger partial charge in [0, 0.05) is 26.8 Å². The molecule has 7 heteroatoms. The second-order valence-corrected chi connectivity index (χ2v) is 5.94. The van der Waals surface area contributed by atoms with E-state index in [2.05, 4.69) is 4.98 Å². The Hall–Kier alpha value is -0.660. The number of likely N-dealkylation sites (N-methyl/N-ethyl adjacent to an activating group) is 1. The molecule has 6 nitrogen and oxygen atoms in total. The Morgan fingerprint density at radius 2 is 2.29 bits per heavy atom. The van der Waals surface area contributed by atoms with E-state index >= 15 is 0 Å². The van der Waals surface area contributed by atoms with Crippen LogP contribution >= 0.6 is 11.6 Å². The van der Waals surface area contributed by atoms with Crippen molar-refractivity contribution < 1.29 is 14.6 Å². The van der Waals surface area contributed by atoms with E-state index in [0.29, 0.717) is 24.8 Å². The van der Waals surface area contributed by atoms with Crippen LogP contribution in [0.5, 0.6) is 0 Å². The summed E-state index contributed by atoms with van der Waals surface area (Å²) in [7, 11) is 3.82. The standard InChI is InChI=1S/C14H24ClN3O3/c1-17(9-14-16-7-13(15)18(14)2)8-11(19)10-21-12-3-5-20-6-4-12/h7,11-12,19H,3-6,8-10H2,1-2H3. The first-order valence-corrected chi connectivity index (χ1v) is 7.66. The largest absolute Gasteiger partial charge is 0.389 e. The van der Waals surface area contributed by atoms with Crippen molar-refractivity contribution >= 4 is 11.6 Å². The molecule has 1 fully saturated rings. The van der Waals surface area contributed by atoms with Crippen LogP contribution in [-0.2, 0) is 23.1 Å². The van der Waals surface area contributed by atoms with Crippen molar-refractivity contribution in [2.24, 2.45) is 7.05 Å². The summed E-state index contributed by atoms with van der Waals surface area (Å²) in [5, 5.41) is 10.7. The van der Waals surface area contributed by atoms with Crippen LogP contribution in [0.4, 0.5) is 0 Å². The van der Waals surface area contributed by atoms with Crippen molar-refractivity contribution in [3.8, 4) is 0 Å². The molecule has 2 heterocycles. The maximum absolute atomic E-state index is 10.1. The van der Waals surface area contributed by atoms with Gasteiger partial charge in [0.2, 0.25) is 0 Å². The van der Waals surface area contributed by atoms with Crippen LogP contribution in [-0.4, -0.2) is 65.2 Å². The lowest BCUT2D eigenvalue weighted by atomic mass is 10.1. The van der Waals surface area contributed by atoms with Gasteiger partial charge in [0.25, 0.3) is 0 Å². The number of aromatic nitrogens is 2. The van der Waals surface area contributed by atoms with E-state index in [1.165, 1.54) is 0 Å². The third-order valence-electron chi connectivity index (χ3n) is 3.65. The van der Waals surface area contributed by atoms with E-state index < -0.39 is 6.10 Å². The predicted molar refractivity (Wildman–Crippen MR) is 80.4 cm³/mol. The minimum atomic E-state index is -0.506. The minimum absolute atomic E-state index is 0.215. The van der Waals surface area contributed by atoms with Gasteiger partial charge >= 0.3 is 0 Å². The van der Waals surface area contributed by atoms with Gasteiger partial charge in [0.1, 0.15) is 11.0 Å². The molecule has 0 spiro atoms. The molecule has 1 aromatic heterocycles. The monoisotopic (exact) mass is 317 g/mol. The number of ether oxygens (including phenoxy) is 2. The average molecular weight is 318 g/mol. The maximum Gasteiger partial charge on any atom is 0.128 e. The van der Waals surface area contributed by atoms with Gasteiger partial charge < -0.3 is 19.1 Å². The van der Waals surface area contributed by atoms with Crippen LogP contribution in [0.25, 0.3) is 0 Å². The summed E-state index contributed by atoms with van der Waals surface area (Å²) in [5.41, 5.74) is 0. The Kier molecular flexibility index (Phi) is 6.44. The van der Waals surface area contributed by atoms with Crippen molar-refractivity contribution in [1.29, 1.82) is 0 Å². The van der Waals surface area contributed by atoms with Crippen LogP contribution in [0.15, 0.2) is 6.20 Å². The van der Waals surface area contributed by atoms with Crippen molar-refractivity contribution in [3.05, 3.63) is 17.2 Å². The lowest BCUT2D eigenvalue weighted by Gasteiger charge is -2.25. The first-order valence-electron chi connectivity index (χ1n) is 7.28. The highest BCUT2D eigenvalue weighted by Crippen LogP contribution is 2.12. The van der Waals surface area contributed by atoms with Gasteiger partial charge in [0.15, 0.2) is 0 Å². The average Bonchev–Trinajstić information content (AvgIpc) is 2.78. The molecule has 2 rings (SSSR count). The van der Waals surface area contributed by atoms with Crippen LogP contribution in [0.2, 0.25) is 5.15 Å². The molecule has 0 aliphatic carbocycles. The summed E-state index contributed by atoms with van der Waals surface area (Å²) in [4.78, 5) is 6.26. The number of aliphatic hydroxyl groups excluding tert-OH is 1. The van der Waals surface area contributed by atoms with Gasteiger partial charge in [-0.3, -0.25) is 4.90 Å². The number of aliphatic hydroxyl groups is 1. The van der Waals surface area contributed by atoms with E-state index in [1.807, 2.05) is 23.6 Å². The molecular weight excluding hydrogens is 294 g/mol. The Labute approximate surface area is 130 Å². The first-order chi connectivity index (χ1) is 10.1. The van der Waals surface area contributed by atoms with Gasteiger partial charge in [-0.25, -0.2) is 4.98 Å². The number of hydrogen-bond donors (Lipinski definition) is 1. The lowest BCUT2D eigenvalue weighted by Crippen LogP contribution is -2.34. The highest BCUT2D eigenvalue weighted by Gasteiger charge is 2.17. The Morgan fingerprint density at radius 1 is 1.57 bits per heavy atom. The lowest BCUT2D eigenvalue weighted by molar-refractivity contribution is -0.0635. The number of imidazole rings is 1. The molecule has 0 radical (unpaired) electrons. The third-order valence-corrected chi connectivity index (χ3v) is 4.01. The van der Waals surface area contributed by atoms with Crippen molar-refractivity contribution in [2.75, 3.05) is 33.4 Å². The number of rotatable bonds is 7. The topological polar surface area (TPSA) is 59.8 Å². The Balaban J connectivity index is 1.69. The summed E-state index contributed by atoms with van der Waals surface area (Å²) < 4.78 is 12.8. The van der Waals surface area contributed by atoms with E-state index in [-0.39, 0.29) is 6.10 Å². The summed E-state index contributed by atoms with van der Waals surface area (Å²) in [6, 6.07) is 0. The SMILES string of the molecule is CN(Cc1ncc(Cl)n1C)CC(O)COC1CCOCC1. The van der Waals surface area contributed by atoms with Crippen molar-refractivity contribution in [2.45, 2.75) is 31.6 Å². The zero-order valence-corrected chi connectivity index (χ0v) is 13.4. The Morgan fingerprint density at radius 3 is 2.90 bits per heavy atom. The quantitative estimate of drug-likeness (QED) is 0.815. The zero-order chi connectivity index (χ0) is 15.2. The van der Waals surface area contributed by atoms with Crippen LogP contribution in [0.1, 0.15) is 18.7 Å². The summed E-state index contributed by atoms with van der Waals surface area (Å²) in [5.74, 6) is 0.875. The molecule has 0 amide bonds. The first kappa shape index (κ1) is 16.7. The van der Waals surface area contributed by atoms with E-state index in [1.54, 1.807) is 6.20 Å². The molecule has 1 atom stereocenters. The van der Waals surface area contributed by atoms with Crippen LogP contribution in [0, 0.1) is 0 Å². The van der Waals surface area contributed by atoms with Crippen molar-refractivity contribution in [1.82, 2.24) is 14.5 Å². The highest BCUT2D eigenvalue weighted by molar-refractivity contribution is 6.29. The van der Waals surface area contributed by atoms with E-state index in [0.717, 1.165) is 31.9 Å². The zero-order valence-electron chi connectivity index (χ0n) is 12.7. The van der Waals surface area contributed by atoms with Gasteiger partial charge in [-0.05, 0) is 19.9 Å². The third kappa shape index (κ3) is 5.23. The fraction of sp³-hybridized carbons (Fsp3) is 0.786. The van der Waals surface area contributed by atoms with Gasteiger partial charge in [-0.2, -0.15) is 0 Å². The number of hydrogen-bond acceptors (Lipinski definition) is 5. The smallest absolute Gasteiger partial charge is 0.128 e. The van der Waals surface area contributed by atoms with Crippen LogP contribution < -0.4 is 0 Å². The molecule has 1 unspecified atom stereocenters. The molecule has 21 heavy (non-hydrogen) atoms. The predicted octanol–water partition coefficient (Wildman–Crippen LogP) is 1.06. The van der Waals surface area contributed by atoms with Crippen molar-refractivity contribution in [3.63, 3.8) is 0 Å². The molecule has 120 valence electrons. The van der Waals surface area contributed by atoms with E-state index in [9.17, 15) is 5.11 Å². The van der Waals surface area contributed by atoms with Gasteiger partial charge in [-0.15, -0.1) is 0 Å². The molecule has 0 bridgehead atoms. The van der Waals surface area contributed by atoms with Gasteiger partial charge in [0.05, 0.1) is 31.6 Å². The molecule has 1 aliphatic heterocycles. The fourth-order valence-corrected chi connectivity index (χ4v) is 2.53. The molecule has 1 aromatic rings. The molecular formula is C14H24ClN3O3. The molecule has 0 saturated carbocycles. The fourth-order valence-electron chi connectivity index (χ4n) is 2.38. The Bertz CT molecular complexity index is 435. The summed E-state index contributed by atoms with van der Waals surface area (Å²) >= 11 is 5.96. The summed E-state index contributed by atoms with van der Waals surface area (Å²) in [6.07, 6.45) is 3.17. The van der Waals surface area contributed by atoms with E-state index in [4.69, 9.17) is 21.1 Å². The van der Waals surface area contributed by atoms with Gasteiger partial charge in [-0.1, -0.05) is 11.6 Å². The normalized spacial score (nSPS) is 18.3. The molecule has 1 saturated heterocycles. The second-order valence-electron chi connectivity index (χ2n) is 5.55. The molecule has 1 N–H and O–H groups in total. The molecule has 1 aliphatic rings. The minimum Gasteiger partial charge on any atom is -0.389 e. The number of nitrogens with zero attached hydrogens (tertiary/aromatic N) is 3.